The minimum absolute atomic E-state index is 0.226. The van der Waals surface area contributed by atoms with Gasteiger partial charge in [-0.2, -0.15) is 11.8 Å². The van der Waals surface area contributed by atoms with Gasteiger partial charge in [-0.3, -0.25) is 4.79 Å². The number of hydrogen-bond donors (Lipinski definition) is 3. The molecule has 0 spiro atoms. The molecule has 0 radical (unpaired) electrons. The topological polar surface area (TPSA) is 87.0 Å². The van der Waals surface area contributed by atoms with Crippen molar-refractivity contribution < 1.29 is 24.9 Å². The van der Waals surface area contributed by atoms with Gasteiger partial charge in [0.2, 0.25) is 0 Å². The van der Waals surface area contributed by atoms with Gasteiger partial charge >= 0.3 is 5.97 Å². The van der Waals surface area contributed by atoms with Gasteiger partial charge in [-0.25, -0.2) is 0 Å². The molecule has 164 valence electrons. The molecule has 0 bridgehead atoms. The van der Waals surface area contributed by atoms with Crippen molar-refractivity contribution in [1.29, 1.82) is 0 Å². The fraction of sp³-hybridized carbons (Fsp3) is 0.682. The fourth-order valence-electron chi connectivity index (χ4n) is 3.81. The molecule has 0 aromatic heterocycles. The van der Waals surface area contributed by atoms with Crippen molar-refractivity contribution in [2.24, 2.45) is 5.92 Å². The second-order valence-electron chi connectivity index (χ2n) is 7.80. The first-order valence-electron chi connectivity index (χ1n) is 10.5. The Kier molecular flexibility index (Phi) is 11.2. The molecule has 5 nitrogen and oxygen atoms in total. The largest absolute Gasteiger partial charge is 0.491 e. The highest BCUT2D eigenvalue weighted by Crippen LogP contribution is 2.38. The van der Waals surface area contributed by atoms with Crippen molar-refractivity contribution in [1.82, 2.24) is 0 Å². The summed E-state index contributed by atoms with van der Waals surface area (Å²) in [5.74, 6) is 0.794. The summed E-state index contributed by atoms with van der Waals surface area (Å²) in [5.41, 5.74) is 0. The number of ether oxygens (including phenoxy) is 1. The molecule has 4 unspecified atom stereocenters. The number of carbonyl (C=O) groups is 1. The van der Waals surface area contributed by atoms with Crippen LogP contribution in [-0.2, 0) is 4.79 Å². The Labute approximate surface area is 182 Å². The normalized spacial score (nSPS) is 22.5. The quantitative estimate of drug-likeness (QED) is 0.358. The van der Waals surface area contributed by atoms with Gasteiger partial charge in [0.1, 0.15) is 12.4 Å². The van der Waals surface area contributed by atoms with E-state index >= 15 is 0 Å². The smallest absolute Gasteiger partial charge is 0.303 e. The van der Waals surface area contributed by atoms with Crippen LogP contribution < -0.4 is 4.74 Å². The predicted molar refractivity (Wildman–Crippen MR) is 118 cm³/mol. The fourth-order valence-corrected chi connectivity index (χ4v) is 5.43. The maximum atomic E-state index is 10.5. The highest BCUT2D eigenvalue weighted by atomic mass is 35.5. The van der Waals surface area contributed by atoms with Crippen LogP contribution in [0.15, 0.2) is 24.3 Å². The molecule has 0 heterocycles. The van der Waals surface area contributed by atoms with Gasteiger partial charge in [-0.15, -0.1) is 0 Å². The summed E-state index contributed by atoms with van der Waals surface area (Å²) in [4.78, 5) is 10.5. The molecule has 1 aromatic carbocycles. The third-order valence-electron chi connectivity index (χ3n) is 5.39. The van der Waals surface area contributed by atoms with Crippen LogP contribution in [0, 0.1) is 5.92 Å². The van der Waals surface area contributed by atoms with E-state index in [1.807, 2.05) is 12.1 Å². The summed E-state index contributed by atoms with van der Waals surface area (Å²) in [6.45, 7) is 0.226. The van der Waals surface area contributed by atoms with Crippen molar-refractivity contribution in [3.8, 4) is 5.75 Å². The molecule has 7 heteroatoms. The number of aliphatic hydroxyl groups excluding tert-OH is 2. The number of carboxylic acid groups (broad SMARTS) is 1. The maximum absolute atomic E-state index is 10.5. The molecule has 3 N–H and O–H groups in total. The summed E-state index contributed by atoms with van der Waals surface area (Å²) in [6.07, 6.45) is 7.14. The number of halogens is 1. The lowest BCUT2D eigenvalue weighted by Crippen LogP contribution is -2.25. The number of hydrogen-bond acceptors (Lipinski definition) is 5. The zero-order valence-corrected chi connectivity index (χ0v) is 18.4. The molecule has 1 aliphatic carbocycles. The lowest BCUT2D eigenvalue weighted by molar-refractivity contribution is -0.137. The molecule has 1 fully saturated rings. The number of thioether (sulfide) groups is 1. The molecule has 1 saturated carbocycles. The number of aliphatic hydroxyl groups is 2. The summed E-state index contributed by atoms with van der Waals surface area (Å²) in [6, 6.07) is 7.14. The van der Waals surface area contributed by atoms with E-state index in [4.69, 9.17) is 21.4 Å². The van der Waals surface area contributed by atoms with Crippen LogP contribution in [-0.4, -0.2) is 51.1 Å². The number of carboxylic acids is 1. The van der Waals surface area contributed by atoms with Gasteiger partial charge in [0.05, 0.1) is 12.2 Å². The molecule has 1 aromatic rings. The van der Waals surface area contributed by atoms with E-state index in [0.29, 0.717) is 21.8 Å². The second kappa shape index (κ2) is 13.4. The molecule has 0 saturated heterocycles. The molecular formula is C22H33ClO5S. The second-order valence-corrected chi connectivity index (χ2v) is 9.51. The Bertz CT molecular complexity index is 615. The van der Waals surface area contributed by atoms with Crippen LogP contribution in [0.3, 0.4) is 0 Å². The first-order valence-corrected chi connectivity index (χ1v) is 12.0. The summed E-state index contributed by atoms with van der Waals surface area (Å²) < 4.78 is 5.60. The lowest BCUT2D eigenvalue weighted by Gasteiger charge is -2.23. The van der Waals surface area contributed by atoms with Crippen LogP contribution in [0.25, 0.3) is 0 Å². The van der Waals surface area contributed by atoms with Gasteiger partial charge < -0.3 is 20.1 Å². The van der Waals surface area contributed by atoms with Crippen molar-refractivity contribution in [3.05, 3.63) is 29.3 Å². The Morgan fingerprint density at radius 3 is 2.72 bits per heavy atom. The number of aliphatic carboxylic acids is 1. The van der Waals surface area contributed by atoms with Crippen LogP contribution in [0.4, 0.5) is 0 Å². The van der Waals surface area contributed by atoms with Gasteiger partial charge in [-0.05, 0) is 49.8 Å². The summed E-state index contributed by atoms with van der Waals surface area (Å²) in [7, 11) is 0. The van der Waals surface area contributed by atoms with E-state index in [1.165, 1.54) is 0 Å². The van der Waals surface area contributed by atoms with Crippen molar-refractivity contribution in [2.75, 3.05) is 12.4 Å². The highest BCUT2D eigenvalue weighted by molar-refractivity contribution is 7.99. The maximum Gasteiger partial charge on any atom is 0.303 e. The van der Waals surface area contributed by atoms with Gasteiger partial charge in [0, 0.05) is 22.4 Å². The van der Waals surface area contributed by atoms with Crippen LogP contribution >= 0.6 is 23.4 Å². The molecule has 29 heavy (non-hydrogen) atoms. The van der Waals surface area contributed by atoms with Crippen molar-refractivity contribution >= 4 is 29.3 Å². The Balaban J connectivity index is 1.62. The highest BCUT2D eigenvalue weighted by Gasteiger charge is 2.34. The van der Waals surface area contributed by atoms with Crippen LogP contribution in [0.5, 0.6) is 5.75 Å². The Hall–Kier alpha value is -0.950. The lowest BCUT2D eigenvalue weighted by atomic mass is 9.97. The average molecular weight is 445 g/mol. The first-order chi connectivity index (χ1) is 14.0. The standard InChI is InChI=1S/C22H33ClO5S/c23-16-7-6-8-18(13-16)28-14-17(24)15-29-21-12-11-20(25)19(21)9-4-2-1-3-5-10-22(26)27/h6-8,13,17,19-21,24-25H,1-5,9-12,14-15H2,(H,26,27). The van der Waals surface area contributed by atoms with E-state index in [1.54, 1.807) is 23.9 Å². The molecule has 4 atom stereocenters. The SMILES string of the molecule is O=C(O)CCCCCCCC1C(O)CCC1SCC(O)COc1cccc(Cl)c1. The summed E-state index contributed by atoms with van der Waals surface area (Å²) >= 11 is 7.67. The third kappa shape index (κ3) is 9.60. The van der Waals surface area contributed by atoms with E-state index in [0.717, 1.165) is 51.4 Å². The third-order valence-corrected chi connectivity index (χ3v) is 7.21. The first kappa shape index (κ1) is 24.3. The van der Waals surface area contributed by atoms with E-state index in [9.17, 15) is 15.0 Å². The zero-order valence-electron chi connectivity index (χ0n) is 16.8. The number of rotatable bonds is 14. The molecule has 0 aliphatic heterocycles. The minimum Gasteiger partial charge on any atom is -0.491 e. The van der Waals surface area contributed by atoms with E-state index in [-0.39, 0.29) is 25.0 Å². The monoisotopic (exact) mass is 444 g/mol. The average Bonchev–Trinajstić information content (AvgIpc) is 3.03. The van der Waals surface area contributed by atoms with Crippen molar-refractivity contribution in [3.63, 3.8) is 0 Å². The predicted octanol–water partition coefficient (Wildman–Crippen LogP) is 4.77. The number of benzene rings is 1. The molecule has 0 amide bonds. The minimum atomic E-state index is -0.723. The van der Waals surface area contributed by atoms with Gasteiger partial charge in [0.15, 0.2) is 0 Å². The Morgan fingerprint density at radius 1 is 1.21 bits per heavy atom. The number of unbranched alkanes of at least 4 members (excludes halogenated alkanes) is 4. The van der Waals surface area contributed by atoms with Gasteiger partial charge in [0.25, 0.3) is 0 Å². The van der Waals surface area contributed by atoms with Gasteiger partial charge in [-0.1, -0.05) is 43.4 Å². The molecule has 2 rings (SSSR count). The van der Waals surface area contributed by atoms with Crippen LogP contribution in [0.2, 0.25) is 5.02 Å². The molecule has 1 aliphatic rings. The van der Waals surface area contributed by atoms with E-state index < -0.39 is 12.1 Å². The molecular weight excluding hydrogens is 412 g/mol. The van der Waals surface area contributed by atoms with Crippen LogP contribution in [0.1, 0.15) is 57.8 Å². The van der Waals surface area contributed by atoms with E-state index in [2.05, 4.69) is 0 Å². The van der Waals surface area contributed by atoms with Crippen molar-refractivity contribution in [2.45, 2.75) is 75.2 Å². The Morgan fingerprint density at radius 2 is 1.97 bits per heavy atom. The summed E-state index contributed by atoms with van der Waals surface area (Å²) in [5, 5.41) is 30.2. The zero-order chi connectivity index (χ0) is 21.1.